The highest BCUT2D eigenvalue weighted by molar-refractivity contribution is 6.31. The number of halogens is 2. The van der Waals surface area contributed by atoms with E-state index in [1.165, 1.54) is 0 Å². The molecule has 0 bridgehead atoms. The molecule has 0 fully saturated rings. The van der Waals surface area contributed by atoms with Crippen LogP contribution in [-0.2, 0) is 0 Å². The summed E-state index contributed by atoms with van der Waals surface area (Å²) in [6, 6.07) is 13.7. The Balaban J connectivity index is 0.00000192. The maximum Gasteiger partial charge on any atom is 0.169 e. The van der Waals surface area contributed by atoms with Crippen LogP contribution in [0.5, 0.6) is 0 Å². The first-order valence-electron chi connectivity index (χ1n) is 7.60. The first-order valence-corrected chi connectivity index (χ1v) is 7.98. The second-order valence-corrected chi connectivity index (χ2v) is 5.94. The Morgan fingerprint density at radius 3 is 2.78 bits per heavy atom. The van der Waals surface area contributed by atoms with E-state index >= 15 is 0 Å². The fourth-order valence-electron chi connectivity index (χ4n) is 2.72. The molecule has 23 heavy (non-hydrogen) atoms. The highest BCUT2D eigenvalue weighted by Crippen LogP contribution is 2.34. The summed E-state index contributed by atoms with van der Waals surface area (Å²) < 4.78 is 5.42. The average molecular weight is 351 g/mol. The smallest absolute Gasteiger partial charge is 0.169 e. The van der Waals surface area contributed by atoms with Crippen LogP contribution < -0.4 is 5.73 Å². The predicted molar refractivity (Wildman–Crippen MR) is 98.2 cm³/mol. The van der Waals surface area contributed by atoms with Gasteiger partial charge in [0.1, 0.15) is 5.69 Å². The topological polar surface area (TPSA) is 52.0 Å². The van der Waals surface area contributed by atoms with Crippen molar-refractivity contribution in [3.63, 3.8) is 0 Å². The summed E-state index contributed by atoms with van der Waals surface area (Å²) in [5, 5.41) is 5.84. The number of rotatable bonds is 5. The summed E-state index contributed by atoms with van der Waals surface area (Å²) in [7, 11) is 0. The van der Waals surface area contributed by atoms with E-state index in [1.54, 1.807) is 6.07 Å². The zero-order valence-electron chi connectivity index (χ0n) is 13.0. The SMILES string of the molecule is CCCCC(N)c1ccccc1-c1noc2cc(Cl)ccc12.Cl. The molecule has 5 heteroatoms. The van der Waals surface area contributed by atoms with Crippen LogP contribution >= 0.6 is 24.0 Å². The van der Waals surface area contributed by atoms with Crippen molar-refractivity contribution in [3.05, 3.63) is 53.1 Å². The quantitative estimate of drug-likeness (QED) is 0.636. The maximum atomic E-state index is 6.38. The molecule has 1 aromatic heterocycles. The van der Waals surface area contributed by atoms with Gasteiger partial charge < -0.3 is 10.3 Å². The van der Waals surface area contributed by atoms with Crippen LogP contribution in [0, 0.1) is 0 Å². The van der Waals surface area contributed by atoms with Crippen molar-refractivity contribution in [2.45, 2.75) is 32.2 Å². The normalized spacial score (nSPS) is 12.1. The molecule has 3 rings (SSSR count). The van der Waals surface area contributed by atoms with Crippen molar-refractivity contribution in [2.24, 2.45) is 5.73 Å². The highest BCUT2D eigenvalue weighted by atomic mass is 35.5. The minimum absolute atomic E-state index is 0. The lowest BCUT2D eigenvalue weighted by Crippen LogP contribution is -2.11. The van der Waals surface area contributed by atoms with Crippen molar-refractivity contribution in [2.75, 3.05) is 0 Å². The van der Waals surface area contributed by atoms with Gasteiger partial charge in [-0.05, 0) is 24.1 Å². The van der Waals surface area contributed by atoms with Crippen molar-refractivity contribution >= 4 is 35.0 Å². The Bertz CT molecular complexity index is 786. The van der Waals surface area contributed by atoms with E-state index in [2.05, 4.69) is 18.1 Å². The molecule has 0 aliphatic carbocycles. The van der Waals surface area contributed by atoms with E-state index in [9.17, 15) is 0 Å². The van der Waals surface area contributed by atoms with Crippen LogP contribution in [0.3, 0.4) is 0 Å². The first-order chi connectivity index (χ1) is 10.7. The monoisotopic (exact) mass is 350 g/mol. The van der Waals surface area contributed by atoms with Gasteiger partial charge in [0, 0.05) is 28.1 Å². The van der Waals surface area contributed by atoms with Gasteiger partial charge in [-0.1, -0.05) is 60.8 Å². The number of fused-ring (bicyclic) bond motifs is 1. The Kier molecular flexibility index (Phi) is 6.05. The molecule has 0 saturated carbocycles. The van der Waals surface area contributed by atoms with E-state index in [1.807, 2.05) is 30.3 Å². The molecule has 2 N–H and O–H groups in total. The zero-order valence-corrected chi connectivity index (χ0v) is 14.5. The standard InChI is InChI=1S/C18H19ClN2O.ClH/c1-2-3-8-16(20)13-6-4-5-7-14(13)18-15-10-9-12(19)11-17(15)22-21-18;/h4-7,9-11,16H,2-3,8,20H2,1H3;1H. The maximum absolute atomic E-state index is 6.38. The summed E-state index contributed by atoms with van der Waals surface area (Å²) >= 11 is 6.01. The van der Waals surface area contributed by atoms with Crippen LogP contribution in [0.15, 0.2) is 47.0 Å². The van der Waals surface area contributed by atoms with E-state index in [0.29, 0.717) is 10.6 Å². The van der Waals surface area contributed by atoms with Crippen molar-refractivity contribution in [1.29, 1.82) is 0 Å². The van der Waals surface area contributed by atoms with Gasteiger partial charge >= 0.3 is 0 Å². The Labute approximate surface area is 147 Å². The summed E-state index contributed by atoms with van der Waals surface area (Å²) in [6.07, 6.45) is 3.22. The largest absolute Gasteiger partial charge is 0.356 e. The molecule has 0 radical (unpaired) electrons. The number of hydrogen-bond donors (Lipinski definition) is 1. The molecule has 0 amide bonds. The van der Waals surface area contributed by atoms with Crippen LogP contribution in [0.1, 0.15) is 37.8 Å². The number of nitrogens with zero attached hydrogens (tertiary/aromatic N) is 1. The van der Waals surface area contributed by atoms with Gasteiger partial charge in [-0.3, -0.25) is 0 Å². The predicted octanol–water partition coefficient (Wildman–Crippen LogP) is 5.76. The molecular formula is C18H20Cl2N2O. The van der Waals surface area contributed by atoms with E-state index < -0.39 is 0 Å². The molecule has 122 valence electrons. The molecule has 0 spiro atoms. The Morgan fingerprint density at radius 1 is 1.22 bits per heavy atom. The average Bonchev–Trinajstić information content (AvgIpc) is 2.95. The summed E-state index contributed by atoms with van der Waals surface area (Å²) in [6.45, 7) is 2.17. The lowest BCUT2D eigenvalue weighted by Gasteiger charge is -2.15. The zero-order chi connectivity index (χ0) is 15.5. The minimum atomic E-state index is 0. The first kappa shape index (κ1) is 17.8. The van der Waals surface area contributed by atoms with Gasteiger partial charge in [0.2, 0.25) is 0 Å². The summed E-state index contributed by atoms with van der Waals surface area (Å²) in [4.78, 5) is 0. The number of benzene rings is 2. The van der Waals surface area contributed by atoms with Gasteiger partial charge in [-0.15, -0.1) is 12.4 Å². The number of aromatic nitrogens is 1. The third-order valence-electron chi connectivity index (χ3n) is 3.92. The third kappa shape index (κ3) is 3.69. The fourth-order valence-corrected chi connectivity index (χ4v) is 2.88. The summed E-state index contributed by atoms with van der Waals surface area (Å²) in [5.74, 6) is 0. The molecule has 1 atom stereocenters. The lowest BCUT2D eigenvalue weighted by molar-refractivity contribution is 0.459. The molecule has 0 saturated heterocycles. The van der Waals surface area contributed by atoms with Gasteiger partial charge in [0.25, 0.3) is 0 Å². The molecule has 0 aliphatic heterocycles. The molecule has 1 unspecified atom stereocenters. The second-order valence-electron chi connectivity index (χ2n) is 5.51. The molecule has 2 aromatic carbocycles. The number of hydrogen-bond acceptors (Lipinski definition) is 3. The third-order valence-corrected chi connectivity index (χ3v) is 4.15. The van der Waals surface area contributed by atoms with Gasteiger partial charge in [-0.25, -0.2) is 0 Å². The van der Waals surface area contributed by atoms with E-state index in [0.717, 1.165) is 41.5 Å². The lowest BCUT2D eigenvalue weighted by atomic mass is 9.94. The van der Waals surface area contributed by atoms with E-state index in [-0.39, 0.29) is 18.4 Å². The summed E-state index contributed by atoms with van der Waals surface area (Å²) in [5.41, 5.74) is 10.0. The van der Waals surface area contributed by atoms with Gasteiger partial charge in [0.15, 0.2) is 5.58 Å². The highest BCUT2D eigenvalue weighted by Gasteiger charge is 2.17. The Morgan fingerprint density at radius 2 is 2.00 bits per heavy atom. The van der Waals surface area contributed by atoms with Crippen LogP contribution in [0.25, 0.3) is 22.2 Å². The van der Waals surface area contributed by atoms with Crippen molar-refractivity contribution < 1.29 is 4.52 Å². The van der Waals surface area contributed by atoms with Gasteiger partial charge in [0.05, 0.1) is 0 Å². The second kappa shape index (κ2) is 7.82. The molecule has 0 aliphatic rings. The Hall–Kier alpha value is -1.55. The fraction of sp³-hybridized carbons (Fsp3) is 0.278. The molecule has 1 heterocycles. The van der Waals surface area contributed by atoms with Crippen LogP contribution in [-0.4, -0.2) is 5.16 Å². The van der Waals surface area contributed by atoms with Crippen molar-refractivity contribution in [3.8, 4) is 11.3 Å². The van der Waals surface area contributed by atoms with E-state index in [4.69, 9.17) is 21.9 Å². The van der Waals surface area contributed by atoms with Crippen molar-refractivity contribution in [1.82, 2.24) is 5.16 Å². The molecule has 3 aromatic rings. The minimum Gasteiger partial charge on any atom is -0.356 e. The number of nitrogens with two attached hydrogens (primary N) is 1. The molecular weight excluding hydrogens is 331 g/mol. The number of unbranched alkanes of at least 4 members (excludes halogenated alkanes) is 1. The van der Waals surface area contributed by atoms with Crippen LogP contribution in [0.4, 0.5) is 0 Å². The molecule has 3 nitrogen and oxygen atoms in total. The van der Waals surface area contributed by atoms with Gasteiger partial charge in [-0.2, -0.15) is 0 Å². The van der Waals surface area contributed by atoms with Crippen LogP contribution in [0.2, 0.25) is 5.02 Å².